The van der Waals surface area contributed by atoms with Crippen molar-refractivity contribution >= 4 is 31.9 Å². The van der Waals surface area contributed by atoms with Crippen LogP contribution in [0.5, 0.6) is 0 Å². The molecule has 0 amide bonds. The van der Waals surface area contributed by atoms with Crippen molar-refractivity contribution in [3.05, 3.63) is 32.7 Å². The van der Waals surface area contributed by atoms with Gasteiger partial charge in [-0.25, -0.2) is 0 Å². The molecule has 0 saturated carbocycles. The zero-order chi connectivity index (χ0) is 11.3. The number of hydrogen-bond donors (Lipinski definition) is 1. The highest BCUT2D eigenvalue weighted by Crippen LogP contribution is 2.27. The summed E-state index contributed by atoms with van der Waals surface area (Å²) in [5.74, 6) is 5.90. The van der Waals surface area contributed by atoms with Crippen LogP contribution in [0.15, 0.2) is 27.1 Å². The van der Waals surface area contributed by atoms with Crippen molar-refractivity contribution in [2.75, 3.05) is 0 Å². The monoisotopic (exact) mass is 329 g/mol. The molecule has 0 bridgehead atoms. The fourth-order valence-electron chi connectivity index (χ4n) is 1.31. The number of halogens is 2. The van der Waals surface area contributed by atoms with Crippen LogP contribution in [-0.2, 0) is 0 Å². The fourth-order valence-corrected chi connectivity index (χ4v) is 2.23. The molecule has 1 aromatic carbocycles. The SMILES string of the molecule is CC#CCCC(N)c1cc(Br)ccc1Br. The molecule has 0 aliphatic heterocycles. The van der Waals surface area contributed by atoms with E-state index in [4.69, 9.17) is 5.73 Å². The van der Waals surface area contributed by atoms with Crippen LogP contribution in [0.2, 0.25) is 0 Å². The largest absolute Gasteiger partial charge is 0.324 e. The first-order chi connectivity index (χ1) is 7.15. The van der Waals surface area contributed by atoms with Gasteiger partial charge in [0, 0.05) is 21.4 Å². The van der Waals surface area contributed by atoms with Gasteiger partial charge in [0.05, 0.1) is 0 Å². The fraction of sp³-hybridized carbons (Fsp3) is 0.333. The van der Waals surface area contributed by atoms with Gasteiger partial charge in [-0.1, -0.05) is 31.9 Å². The Balaban J connectivity index is 2.74. The molecule has 15 heavy (non-hydrogen) atoms. The highest BCUT2D eigenvalue weighted by atomic mass is 79.9. The van der Waals surface area contributed by atoms with Crippen LogP contribution < -0.4 is 5.73 Å². The lowest BCUT2D eigenvalue weighted by Crippen LogP contribution is -2.10. The van der Waals surface area contributed by atoms with E-state index in [1.54, 1.807) is 0 Å². The molecule has 1 atom stereocenters. The van der Waals surface area contributed by atoms with E-state index in [0.717, 1.165) is 27.4 Å². The van der Waals surface area contributed by atoms with Gasteiger partial charge in [-0.15, -0.1) is 11.8 Å². The molecule has 0 spiro atoms. The maximum absolute atomic E-state index is 6.09. The summed E-state index contributed by atoms with van der Waals surface area (Å²) in [5.41, 5.74) is 7.21. The molecule has 0 aromatic heterocycles. The topological polar surface area (TPSA) is 26.0 Å². The van der Waals surface area contributed by atoms with Gasteiger partial charge in [0.15, 0.2) is 0 Å². The third-order valence-electron chi connectivity index (χ3n) is 2.11. The second-order valence-corrected chi connectivity index (χ2v) is 5.01. The molecule has 0 aliphatic rings. The Hall–Kier alpha value is -0.300. The van der Waals surface area contributed by atoms with E-state index in [1.807, 2.05) is 25.1 Å². The predicted octanol–water partition coefficient (Wildman–Crippen LogP) is 4.01. The summed E-state index contributed by atoms with van der Waals surface area (Å²) in [5, 5.41) is 0. The van der Waals surface area contributed by atoms with Gasteiger partial charge in [-0.05, 0) is 37.1 Å². The first kappa shape index (κ1) is 12.8. The maximum atomic E-state index is 6.09. The van der Waals surface area contributed by atoms with Gasteiger partial charge >= 0.3 is 0 Å². The molecule has 80 valence electrons. The van der Waals surface area contributed by atoms with Crippen LogP contribution in [0.1, 0.15) is 31.4 Å². The lowest BCUT2D eigenvalue weighted by Gasteiger charge is -2.12. The first-order valence-corrected chi connectivity index (χ1v) is 6.34. The van der Waals surface area contributed by atoms with Crippen LogP contribution in [-0.4, -0.2) is 0 Å². The minimum absolute atomic E-state index is 0.0396. The third-order valence-corrected chi connectivity index (χ3v) is 3.33. The smallest absolute Gasteiger partial charge is 0.0315 e. The molecular formula is C12H13Br2N. The zero-order valence-corrected chi connectivity index (χ0v) is 11.7. The second kappa shape index (κ2) is 6.32. The van der Waals surface area contributed by atoms with Crippen LogP contribution in [0.25, 0.3) is 0 Å². The van der Waals surface area contributed by atoms with E-state index >= 15 is 0 Å². The zero-order valence-electron chi connectivity index (χ0n) is 8.56. The van der Waals surface area contributed by atoms with Crippen LogP contribution in [0, 0.1) is 11.8 Å². The molecular weight excluding hydrogens is 318 g/mol. The maximum Gasteiger partial charge on any atom is 0.0315 e. The lowest BCUT2D eigenvalue weighted by atomic mass is 10.0. The quantitative estimate of drug-likeness (QED) is 0.832. The third kappa shape index (κ3) is 3.98. The van der Waals surface area contributed by atoms with Gasteiger partial charge in [-0.3, -0.25) is 0 Å². The summed E-state index contributed by atoms with van der Waals surface area (Å²) in [4.78, 5) is 0. The Kier molecular flexibility index (Phi) is 5.38. The number of hydrogen-bond acceptors (Lipinski definition) is 1. The molecule has 0 saturated heterocycles. The van der Waals surface area contributed by atoms with E-state index < -0.39 is 0 Å². The van der Waals surface area contributed by atoms with Gasteiger partial charge in [0.2, 0.25) is 0 Å². The number of benzene rings is 1. The van der Waals surface area contributed by atoms with Crippen molar-refractivity contribution in [1.82, 2.24) is 0 Å². The molecule has 0 radical (unpaired) electrons. The van der Waals surface area contributed by atoms with E-state index in [0.29, 0.717) is 0 Å². The van der Waals surface area contributed by atoms with Crippen molar-refractivity contribution in [3.63, 3.8) is 0 Å². The summed E-state index contributed by atoms with van der Waals surface area (Å²) >= 11 is 6.95. The molecule has 1 unspecified atom stereocenters. The molecule has 2 N–H and O–H groups in total. The molecule has 0 aliphatic carbocycles. The molecule has 0 heterocycles. The summed E-state index contributed by atoms with van der Waals surface area (Å²) in [6.45, 7) is 1.85. The number of nitrogens with two attached hydrogens (primary N) is 1. The van der Waals surface area contributed by atoms with Crippen molar-refractivity contribution in [1.29, 1.82) is 0 Å². The Morgan fingerprint density at radius 1 is 1.40 bits per heavy atom. The highest BCUT2D eigenvalue weighted by molar-refractivity contribution is 9.11. The van der Waals surface area contributed by atoms with E-state index in [-0.39, 0.29) is 6.04 Å². The predicted molar refractivity (Wildman–Crippen MR) is 71.5 cm³/mol. The summed E-state index contributed by atoms with van der Waals surface area (Å²) in [6.07, 6.45) is 1.73. The summed E-state index contributed by atoms with van der Waals surface area (Å²) < 4.78 is 2.11. The van der Waals surface area contributed by atoms with Crippen molar-refractivity contribution in [2.45, 2.75) is 25.8 Å². The van der Waals surface area contributed by atoms with Gasteiger partial charge in [0.1, 0.15) is 0 Å². The standard InChI is InChI=1S/C12H13Br2N/c1-2-3-4-5-12(15)10-8-9(13)6-7-11(10)14/h6-8,12H,4-5,15H2,1H3. The minimum atomic E-state index is 0.0396. The molecule has 1 rings (SSSR count). The highest BCUT2D eigenvalue weighted by Gasteiger charge is 2.09. The van der Waals surface area contributed by atoms with Crippen molar-refractivity contribution < 1.29 is 0 Å². The van der Waals surface area contributed by atoms with Gasteiger partial charge in [-0.2, -0.15) is 0 Å². The van der Waals surface area contributed by atoms with Gasteiger partial charge in [0.25, 0.3) is 0 Å². The summed E-state index contributed by atoms with van der Waals surface area (Å²) in [6, 6.07) is 6.09. The average molecular weight is 331 g/mol. The molecule has 0 fully saturated rings. The second-order valence-electron chi connectivity index (χ2n) is 3.24. The van der Waals surface area contributed by atoms with Crippen LogP contribution in [0.3, 0.4) is 0 Å². The summed E-state index contributed by atoms with van der Waals surface area (Å²) in [7, 11) is 0. The van der Waals surface area contributed by atoms with Crippen molar-refractivity contribution in [2.24, 2.45) is 5.73 Å². The molecule has 1 aromatic rings. The first-order valence-electron chi connectivity index (χ1n) is 4.75. The van der Waals surface area contributed by atoms with Gasteiger partial charge < -0.3 is 5.73 Å². The Labute approximate surface area is 108 Å². The Morgan fingerprint density at radius 3 is 2.80 bits per heavy atom. The number of rotatable bonds is 3. The lowest BCUT2D eigenvalue weighted by molar-refractivity contribution is 0.664. The minimum Gasteiger partial charge on any atom is -0.324 e. The van der Waals surface area contributed by atoms with E-state index in [2.05, 4.69) is 43.7 Å². The van der Waals surface area contributed by atoms with Crippen LogP contribution >= 0.6 is 31.9 Å². The molecule has 3 heteroatoms. The Morgan fingerprint density at radius 2 is 2.13 bits per heavy atom. The van der Waals surface area contributed by atoms with Crippen LogP contribution in [0.4, 0.5) is 0 Å². The molecule has 1 nitrogen and oxygen atoms in total. The van der Waals surface area contributed by atoms with E-state index in [9.17, 15) is 0 Å². The van der Waals surface area contributed by atoms with Crippen molar-refractivity contribution in [3.8, 4) is 11.8 Å². The van der Waals surface area contributed by atoms with E-state index in [1.165, 1.54) is 0 Å². The normalized spacial score (nSPS) is 11.7. The Bertz CT molecular complexity index is 390. The average Bonchev–Trinajstić information content (AvgIpc) is 2.22.